The van der Waals surface area contributed by atoms with Crippen molar-refractivity contribution in [2.75, 3.05) is 0 Å². The summed E-state index contributed by atoms with van der Waals surface area (Å²) in [4.78, 5) is 20.5. The van der Waals surface area contributed by atoms with Crippen LogP contribution in [0.5, 0.6) is 0 Å². The fourth-order valence-electron chi connectivity index (χ4n) is 1.48. The molecule has 0 atom stereocenters. The lowest BCUT2D eigenvalue weighted by Crippen LogP contribution is -2.40. The molecule has 0 unspecified atom stereocenters. The topological polar surface area (TPSA) is 126 Å². The van der Waals surface area contributed by atoms with E-state index in [1.165, 1.54) is 12.1 Å². The molecule has 10 heteroatoms. The van der Waals surface area contributed by atoms with Crippen LogP contribution in [0.1, 0.15) is 0 Å². The van der Waals surface area contributed by atoms with E-state index in [2.05, 4.69) is 0 Å². The highest BCUT2D eigenvalue weighted by Crippen LogP contribution is 2.36. The molecule has 96 valence electrons. The standard InChI is InChI=1S/C8H5NO7S2/c10-7(8(11)12)9-17(13,14)5-3-1-2-4-6(5)18(9,15)16/h1-4H,(H,11,12). The Kier molecular flexibility index (Phi) is 2.45. The summed E-state index contributed by atoms with van der Waals surface area (Å²) in [6.45, 7) is 0. The Morgan fingerprint density at radius 1 is 0.944 bits per heavy atom. The number of carboxylic acids is 1. The largest absolute Gasteiger partial charge is 0.474 e. The van der Waals surface area contributed by atoms with E-state index in [1.807, 2.05) is 0 Å². The van der Waals surface area contributed by atoms with Crippen molar-refractivity contribution in [3.8, 4) is 0 Å². The van der Waals surface area contributed by atoms with Crippen LogP contribution in [0.2, 0.25) is 0 Å². The highest BCUT2D eigenvalue weighted by atomic mass is 32.3. The number of hydrogen-bond acceptors (Lipinski definition) is 6. The van der Waals surface area contributed by atoms with Gasteiger partial charge in [0.15, 0.2) is 0 Å². The number of carbonyl (C=O) groups excluding carboxylic acids is 1. The van der Waals surface area contributed by atoms with Crippen LogP contribution in [0.15, 0.2) is 34.1 Å². The zero-order valence-corrected chi connectivity index (χ0v) is 10.1. The zero-order chi connectivity index (χ0) is 13.7. The van der Waals surface area contributed by atoms with Gasteiger partial charge in [-0.1, -0.05) is 12.1 Å². The highest BCUT2D eigenvalue weighted by Gasteiger charge is 2.51. The molecule has 0 aliphatic carbocycles. The van der Waals surface area contributed by atoms with Crippen LogP contribution >= 0.6 is 0 Å². The van der Waals surface area contributed by atoms with Crippen molar-refractivity contribution in [1.29, 1.82) is 0 Å². The SMILES string of the molecule is O=C(O)C(=O)N1S(=O)(=O)c2ccccc2S1(=O)=O. The summed E-state index contributed by atoms with van der Waals surface area (Å²) in [5, 5.41) is 8.47. The van der Waals surface area contributed by atoms with E-state index in [0.29, 0.717) is 0 Å². The average Bonchev–Trinajstić information content (AvgIpc) is 2.43. The molecule has 0 radical (unpaired) electrons. The first-order valence-electron chi connectivity index (χ1n) is 4.37. The molecule has 0 aromatic heterocycles. The van der Waals surface area contributed by atoms with E-state index >= 15 is 0 Å². The molecule has 1 N–H and O–H groups in total. The zero-order valence-electron chi connectivity index (χ0n) is 8.47. The van der Waals surface area contributed by atoms with Crippen LogP contribution in [-0.4, -0.2) is 37.5 Å². The van der Waals surface area contributed by atoms with Crippen molar-refractivity contribution in [3.05, 3.63) is 24.3 Å². The van der Waals surface area contributed by atoms with E-state index in [0.717, 1.165) is 12.1 Å². The maximum absolute atomic E-state index is 11.8. The quantitative estimate of drug-likeness (QED) is 0.607. The minimum Gasteiger partial charge on any atom is -0.474 e. The number of fused-ring (bicyclic) bond motifs is 1. The second-order valence-corrected chi connectivity index (χ2v) is 7.01. The minimum absolute atomic E-state index is 0.604. The number of carbonyl (C=O) groups is 2. The molecule has 0 fully saturated rings. The number of nitrogens with zero attached hydrogens (tertiary/aromatic N) is 1. The Bertz CT molecular complexity index is 709. The van der Waals surface area contributed by atoms with Crippen LogP contribution in [0.25, 0.3) is 0 Å². The normalized spacial score (nSPS) is 19.2. The fraction of sp³-hybridized carbons (Fsp3) is 0. The van der Waals surface area contributed by atoms with Gasteiger partial charge in [-0.3, -0.25) is 4.79 Å². The summed E-state index contributed by atoms with van der Waals surface area (Å²) in [5.74, 6) is -4.21. The Balaban J connectivity index is 2.83. The van der Waals surface area contributed by atoms with Crippen molar-refractivity contribution < 1.29 is 31.5 Å². The van der Waals surface area contributed by atoms with Crippen molar-refractivity contribution in [2.45, 2.75) is 9.79 Å². The number of rotatable bonds is 0. The summed E-state index contributed by atoms with van der Waals surface area (Å²) in [7, 11) is -9.37. The van der Waals surface area contributed by atoms with Gasteiger partial charge in [-0.25, -0.2) is 4.79 Å². The molecule has 1 aliphatic rings. The monoisotopic (exact) mass is 291 g/mol. The molecule has 2 rings (SSSR count). The first kappa shape index (κ1) is 12.5. The Morgan fingerprint density at radius 3 is 1.67 bits per heavy atom. The fourth-order valence-corrected chi connectivity index (χ4v) is 5.72. The number of amides is 1. The molecule has 8 nitrogen and oxygen atoms in total. The molecule has 0 saturated carbocycles. The summed E-state index contributed by atoms with van der Waals surface area (Å²) in [6, 6.07) is 4.50. The molecule has 1 aromatic rings. The van der Waals surface area contributed by atoms with Crippen molar-refractivity contribution in [1.82, 2.24) is 3.71 Å². The molecule has 0 bridgehead atoms. The average molecular weight is 291 g/mol. The predicted molar refractivity (Wildman–Crippen MR) is 55.3 cm³/mol. The highest BCUT2D eigenvalue weighted by molar-refractivity contribution is 8.07. The van der Waals surface area contributed by atoms with Gasteiger partial charge >= 0.3 is 11.9 Å². The van der Waals surface area contributed by atoms with Crippen LogP contribution in [0.4, 0.5) is 0 Å². The van der Waals surface area contributed by atoms with Gasteiger partial charge < -0.3 is 5.11 Å². The molecule has 1 heterocycles. The molecular weight excluding hydrogens is 286 g/mol. The van der Waals surface area contributed by atoms with Gasteiger partial charge in [0.2, 0.25) is 0 Å². The first-order chi connectivity index (χ1) is 8.20. The van der Waals surface area contributed by atoms with Gasteiger partial charge in [-0.2, -0.15) is 16.8 Å². The molecule has 18 heavy (non-hydrogen) atoms. The van der Waals surface area contributed by atoms with Crippen molar-refractivity contribution in [2.24, 2.45) is 0 Å². The van der Waals surface area contributed by atoms with E-state index < -0.39 is 45.4 Å². The Labute approximate surface area is 102 Å². The lowest BCUT2D eigenvalue weighted by Gasteiger charge is -2.10. The number of sulfonamides is 2. The minimum atomic E-state index is -4.68. The van der Waals surface area contributed by atoms with Gasteiger partial charge in [0.25, 0.3) is 20.0 Å². The second kappa shape index (κ2) is 3.53. The van der Waals surface area contributed by atoms with Crippen LogP contribution < -0.4 is 0 Å². The third-order valence-electron chi connectivity index (χ3n) is 2.19. The van der Waals surface area contributed by atoms with Crippen LogP contribution in [-0.2, 0) is 29.6 Å². The van der Waals surface area contributed by atoms with E-state index in [9.17, 15) is 26.4 Å². The molecule has 0 saturated heterocycles. The molecule has 0 spiro atoms. The van der Waals surface area contributed by atoms with Crippen molar-refractivity contribution >= 4 is 31.9 Å². The number of hydrogen-bond donors (Lipinski definition) is 1. The molecule has 1 aromatic carbocycles. The van der Waals surface area contributed by atoms with Crippen LogP contribution in [0.3, 0.4) is 0 Å². The van der Waals surface area contributed by atoms with Gasteiger partial charge in [-0.15, -0.1) is 3.71 Å². The number of benzene rings is 1. The third kappa shape index (κ3) is 1.42. The smallest absolute Gasteiger partial charge is 0.396 e. The van der Waals surface area contributed by atoms with Crippen LogP contribution in [0, 0.1) is 0 Å². The van der Waals surface area contributed by atoms with E-state index in [1.54, 1.807) is 0 Å². The molecule has 1 aliphatic heterocycles. The third-order valence-corrected chi connectivity index (χ3v) is 6.53. The summed E-state index contributed by atoms with van der Waals surface area (Å²) in [6.07, 6.45) is 0. The molecular formula is C8H5NO7S2. The Hall–Kier alpha value is -1.94. The Morgan fingerprint density at radius 2 is 1.33 bits per heavy atom. The van der Waals surface area contributed by atoms with E-state index in [4.69, 9.17) is 5.11 Å². The van der Waals surface area contributed by atoms with E-state index in [-0.39, 0.29) is 0 Å². The summed E-state index contributed by atoms with van der Waals surface area (Å²) in [5.41, 5.74) is 0. The maximum Gasteiger partial charge on any atom is 0.396 e. The van der Waals surface area contributed by atoms with Gasteiger partial charge in [0, 0.05) is 0 Å². The van der Waals surface area contributed by atoms with Gasteiger partial charge in [0.1, 0.15) is 9.79 Å². The lowest BCUT2D eigenvalue weighted by atomic mass is 10.4. The summed E-state index contributed by atoms with van der Waals surface area (Å²) < 4.78 is 46.6. The number of carboxylic acid groups (broad SMARTS) is 1. The first-order valence-corrected chi connectivity index (χ1v) is 7.25. The van der Waals surface area contributed by atoms with Gasteiger partial charge in [0.05, 0.1) is 0 Å². The van der Waals surface area contributed by atoms with Gasteiger partial charge in [-0.05, 0) is 12.1 Å². The second-order valence-electron chi connectivity index (χ2n) is 3.26. The predicted octanol–water partition coefficient (Wildman–Crippen LogP) is -1.01. The molecule has 1 amide bonds. The lowest BCUT2D eigenvalue weighted by molar-refractivity contribution is -0.151. The maximum atomic E-state index is 11.8. The van der Waals surface area contributed by atoms with Crippen molar-refractivity contribution in [3.63, 3.8) is 0 Å². The summed E-state index contributed by atoms with van der Waals surface area (Å²) >= 11 is 0. The number of aliphatic carboxylic acids is 1.